The lowest BCUT2D eigenvalue weighted by atomic mass is 9.98. The summed E-state index contributed by atoms with van der Waals surface area (Å²) in [6.45, 7) is 15.2. The summed E-state index contributed by atoms with van der Waals surface area (Å²) in [5.41, 5.74) is 2.51. The molecule has 0 aliphatic heterocycles. The standard InChI is InChI=1S/C35H34F2O8/c1-7-23(6)35(40)44-15-13-42-32-11-9-25(20-30(32)37)27-16-26(17-28(18-27)45-34(39)22(4)5)24-8-10-31(29(36)19-24)41-12-14-43-33(38)21(2)3/h8-11,16-20H,2,4,6-7,12-15H2,1,3,5H3. The van der Waals surface area contributed by atoms with Crippen molar-refractivity contribution in [3.05, 3.63) is 103 Å². The SMILES string of the molecule is C=C(C)C(=O)OCCOc1ccc(-c2cc(OC(=O)C(=C)C)cc(-c3ccc(OCCOC(=O)C(=C)CC)c(F)c3)c2)cc1F. The molecule has 0 atom stereocenters. The van der Waals surface area contributed by atoms with Crippen LogP contribution in [0.3, 0.4) is 0 Å². The van der Waals surface area contributed by atoms with Crippen LogP contribution in [0.25, 0.3) is 22.3 Å². The van der Waals surface area contributed by atoms with E-state index in [1.807, 2.05) is 0 Å². The third-order valence-electron chi connectivity index (χ3n) is 6.21. The lowest BCUT2D eigenvalue weighted by Crippen LogP contribution is -2.13. The second-order valence-electron chi connectivity index (χ2n) is 9.91. The van der Waals surface area contributed by atoms with E-state index in [4.69, 9.17) is 23.7 Å². The third kappa shape index (κ3) is 9.89. The number of benzene rings is 3. The molecule has 0 heterocycles. The van der Waals surface area contributed by atoms with Gasteiger partial charge in [0.15, 0.2) is 23.1 Å². The smallest absolute Gasteiger partial charge is 0.338 e. The van der Waals surface area contributed by atoms with Gasteiger partial charge < -0.3 is 23.7 Å². The molecule has 0 spiro atoms. The molecule has 0 aromatic heterocycles. The van der Waals surface area contributed by atoms with Gasteiger partial charge in [0, 0.05) is 16.7 Å². The summed E-state index contributed by atoms with van der Waals surface area (Å²) in [6.07, 6.45) is 0.454. The summed E-state index contributed by atoms with van der Waals surface area (Å²) >= 11 is 0. The summed E-state index contributed by atoms with van der Waals surface area (Å²) in [5.74, 6) is -3.12. The maximum Gasteiger partial charge on any atom is 0.338 e. The van der Waals surface area contributed by atoms with E-state index in [-0.39, 0.29) is 54.8 Å². The Hall–Kier alpha value is -5.25. The van der Waals surface area contributed by atoms with Crippen LogP contribution in [0.15, 0.2) is 91.1 Å². The van der Waals surface area contributed by atoms with Crippen LogP contribution in [0.5, 0.6) is 17.2 Å². The Morgan fingerprint density at radius 1 is 0.622 bits per heavy atom. The van der Waals surface area contributed by atoms with Gasteiger partial charge in [-0.1, -0.05) is 38.8 Å². The van der Waals surface area contributed by atoms with Crippen LogP contribution < -0.4 is 14.2 Å². The average Bonchev–Trinajstić information content (AvgIpc) is 3.01. The number of carbonyl (C=O) groups is 3. The fourth-order valence-electron chi connectivity index (χ4n) is 3.72. The minimum absolute atomic E-state index is 0.0544. The number of hydrogen-bond donors (Lipinski definition) is 0. The van der Waals surface area contributed by atoms with Crippen molar-refractivity contribution in [1.82, 2.24) is 0 Å². The molecule has 45 heavy (non-hydrogen) atoms. The molecule has 236 valence electrons. The summed E-state index contributed by atoms with van der Waals surface area (Å²) < 4.78 is 56.2. The maximum absolute atomic E-state index is 15.0. The average molecular weight is 621 g/mol. The van der Waals surface area contributed by atoms with E-state index in [0.717, 1.165) is 0 Å². The van der Waals surface area contributed by atoms with E-state index in [9.17, 15) is 18.8 Å². The highest BCUT2D eigenvalue weighted by molar-refractivity contribution is 5.89. The molecule has 3 rings (SSSR count). The first-order valence-electron chi connectivity index (χ1n) is 13.9. The van der Waals surface area contributed by atoms with E-state index in [0.29, 0.717) is 34.2 Å². The van der Waals surface area contributed by atoms with Gasteiger partial charge in [0.05, 0.1) is 0 Å². The lowest BCUT2D eigenvalue weighted by molar-refractivity contribution is -0.140. The summed E-state index contributed by atoms with van der Waals surface area (Å²) in [4.78, 5) is 35.5. The van der Waals surface area contributed by atoms with Crippen LogP contribution >= 0.6 is 0 Å². The highest BCUT2D eigenvalue weighted by atomic mass is 19.1. The van der Waals surface area contributed by atoms with E-state index < -0.39 is 29.5 Å². The van der Waals surface area contributed by atoms with Gasteiger partial charge in [0.1, 0.15) is 32.2 Å². The first kappa shape index (κ1) is 34.2. The van der Waals surface area contributed by atoms with E-state index in [1.54, 1.807) is 37.3 Å². The Bertz CT molecular complexity index is 1630. The highest BCUT2D eigenvalue weighted by Gasteiger charge is 2.15. The van der Waals surface area contributed by atoms with Gasteiger partial charge in [-0.25, -0.2) is 23.2 Å². The van der Waals surface area contributed by atoms with Crippen LogP contribution in [0.4, 0.5) is 8.78 Å². The molecule has 10 heteroatoms. The molecule has 0 saturated heterocycles. The number of ether oxygens (including phenoxy) is 5. The molecule has 0 bridgehead atoms. The fourth-order valence-corrected chi connectivity index (χ4v) is 3.72. The molecule has 3 aromatic carbocycles. The first-order valence-corrected chi connectivity index (χ1v) is 13.9. The number of rotatable bonds is 15. The Kier molecular flexibility index (Phi) is 12.2. The summed E-state index contributed by atoms with van der Waals surface area (Å²) in [6, 6.07) is 13.3. The predicted octanol–water partition coefficient (Wildman–Crippen LogP) is 7.17. The molecule has 3 aromatic rings. The summed E-state index contributed by atoms with van der Waals surface area (Å²) in [7, 11) is 0. The Morgan fingerprint density at radius 2 is 1.09 bits per heavy atom. The van der Waals surface area contributed by atoms with Gasteiger partial charge in [-0.2, -0.15) is 0 Å². The van der Waals surface area contributed by atoms with E-state index in [2.05, 4.69) is 19.7 Å². The number of carbonyl (C=O) groups excluding carboxylic acids is 3. The van der Waals surface area contributed by atoms with Crippen LogP contribution in [0.2, 0.25) is 0 Å². The molecule has 8 nitrogen and oxygen atoms in total. The monoisotopic (exact) mass is 620 g/mol. The molecule has 0 N–H and O–H groups in total. The molecule has 0 radical (unpaired) electrons. The van der Waals surface area contributed by atoms with E-state index in [1.165, 1.54) is 38.1 Å². The van der Waals surface area contributed by atoms with Crippen molar-refractivity contribution in [1.29, 1.82) is 0 Å². The molecular formula is C35H34F2O8. The van der Waals surface area contributed by atoms with Crippen molar-refractivity contribution < 1.29 is 46.8 Å². The van der Waals surface area contributed by atoms with Gasteiger partial charge in [0.2, 0.25) is 0 Å². The molecule has 0 saturated carbocycles. The lowest BCUT2D eigenvalue weighted by Gasteiger charge is -2.13. The van der Waals surface area contributed by atoms with Crippen molar-refractivity contribution in [2.75, 3.05) is 26.4 Å². The predicted molar refractivity (Wildman–Crippen MR) is 165 cm³/mol. The van der Waals surface area contributed by atoms with Crippen LogP contribution in [0.1, 0.15) is 27.2 Å². The minimum atomic E-state index is -0.679. The first-order chi connectivity index (χ1) is 21.4. The van der Waals surface area contributed by atoms with Crippen molar-refractivity contribution in [3.63, 3.8) is 0 Å². The highest BCUT2D eigenvalue weighted by Crippen LogP contribution is 2.35. The topological polar surface area (TPSA) is 97.4 Å². The third-order valence-corrected chi connectivity index (χ3v) is 6.21. The second-order valence-corrected chi connectivity index (χ2v) is 9.91. The quantitative estimate of drug-likeness (QED) is 0.0764. The molecule has 0 amide bonds. The molecule has 0 fully saturated rings. The Morgan fingerprint density at radius 3 is 1.51 bits per heavy atom. The van der Waals surface area contributed by atoms with Crippen molar-refractivity contribution in [3.8, 4) is 39.5 Å². The second kappa shape index (κ2) is 16.0. The largest absolute Gasteiger partial charge is 0.487 e. The van der Waals surface area contributed by atoms with Gasteiger partial charge in [0.25, 0.3) is 0 Å². The van der Waals surface area contributed by atoms with Gasteiger partial charge in [-0.05, 0) is 85.0 Å². The van der Waals surface area contributed by atoms with E-state index >= 15 is 4.39 Å². The Labute approximate surface area is 260 Å². The molecule has 0 aliphatic rings. The zero-order valence-corrected chi connectivity index (χ0v) is 25.4. The van der Waals surface area contributed by atoms with Gasteiger partial charge >= 0.3 is 17.9 Å². The van der Waals surface area contributed by atoms with Crippen molar-refractivity contribution in [2.24, 2.45) is 0 Å². The normalized spacial score (nSPS) is 10.4. The molecule has 0 unspecified atom stereocenters. The minimum Gasteiger partial charge on any atom is -0.487 e. The van der Waals surface area contributed by atoms with Crippen molar-refractivity contribution in [2.45, 2.75) is 27.2 Å². The van der Waals surface area contributed by atoms with Crippen LogP contribution in [-0.4, -0.2) is 44.3 Å². The van der Waals surface area contributed by atoms with Crippen LogP contribution in [0, 0.1) is 11.6 Å². The number of esters is 3. The maximum atomic E-state index is 15.0. The Balaban J connectivity index is 1.82. The molecular weight excluding hydrogens is 586 g/mol. The summed E-state index contributed by atoms with van der Waals surface area (Å²) in [5, 5.41) is 0. The van der Waals surface area contributed by atoms with Gasteiger partial charge in [-0.3, -0.25) is 0 Å². The van der Waals surface area contributed by atoms with Crippen LogP contribution in [-0.2, 0) is 23.9 Å². The zero-order valence-electron chi connectivity index (χ0n) is 25.4. The zero-order chi connectivity index (χ0) is 33.1. The van der Waals surface area contributed by atoms with Crippen molar-refractivity contribution >= 4 is 17.9 Å². The fraction of sp³-hybridized carbons (Fsp3) is 0.229. The number of hydrogen-bond acceptors (Lipinski definition) is 8. The molecule has 0 aliphatic carbocycles. The van der Waals surface area contributed by atoms with Gasteiger partial charge in [-0.15, -0.1) is 0 Å². The number of halogens is 2.